The molecule has 1 N–H and O–H groups in total. The molecule has 2 unspecified atom stereocenters. The van der Waals surface area contributed by atoms with Crippen LogP contribution in [0.15, 0.2) is 48.7 Å². The lowest BCUT2D eigenvalue weighted by Crippen LogP contribution is -2.30. The van der Waals surface area contributed by atoms with Gasteiger partial charge in [-0.1, -0.05) is 35.9 Å². The Morgan fingerprint density at radius 3 is 2.74 bits per heavy atom. The summed E-state index contributed by atoms with van der Waals surface area (Å²) in [6.07, 6.45) is 3.00. The van der Waals surface area contributed by atoms with Crippen LogP contribution in [-0.4, -0.2) is 28.9 Å². The third kappa shape index (κ3) is 2.94. The monoisotopic (exact) mass is 377 g/mol. The van der Waals surface area contributed by atoms with E-state index in [9.17, 15) is 4.79 Å². The summed E-state index contributed by atoms with van der Waals surface area (Å²) in [5.41, 5.74) is 2.65. The molecule has 1 saturated carbocycles. The van der Waals surface area contributed by atoms with E-state index in [1.54, 1.807) is 6.20 Å². The zero-order valence-corrected chi connectivity index (χ0v) is 15.8. The molecule has 0 bridgehead atoms. The Balaban J connectivity index is 1.57. The first-order valence-corrected chi connectivity index (χ1v) is 9.68. The molecule has 2 aliphatic rings. The lowest BCUT2D eigenvalue weighted by Gasteiger charge is -2.20. The number of nitrogens with one attached hydrogen (secondary N) is 1. The Bertz CT molecular complexity index is 1050. The zero-order valence-electron chi connectivity index (χ0n) is 15.1. The minimum absolute atomic E-state index is 0.100. The standard InChI is InChI=1S/C22H20ClN3O/c1-13-4-2-7-18-20(13)19(22(27)26-11-14-8-15(14)12-26)10-24-21(18)25-17-6-3-5-16(23)9-17/h2-7,9-10,14-15H,8,11-12H2,1H3,(H,24,25). The molecule has 1 saturated heterocycles. The summed E-state index contributed by atoms with van der Waals surface area (Å²) in [6, 6.07) is 13.6. The highest BCUT2D eigenvalue weighted by Crippen LogP contribution is 2.45. The molecule has 2 aromatic carbocycles. The van der Waals surface area contributed by atoms with Gasteiger partial charge in [-0.3, -0.25) is 4.79 Å². The van der Waals surface area contributed by atoms with Crippen molar-refractivity contribution in [3.63, 3.8) is 0 Å². The Morgan fingerprint density at radius 1 is 1.19 bits per heavy atom. The van der Waals surface area contributed by atoms with E-state index in [2.05, 4.69) is 10.3 Å². The van der Waals surface area contributed by atoms with Crippen LogP contribution in [0.2, 0.25) is 5.02 Å². The van der Waals surface area contributed by atoms with Gasteiger partial charge in [0, 0.05) is 40.8 Å². The van der Waals surface area contributed by atoms with Crippen LogP contribution >= 0.6 is 11.6 Å². The minimum Gasteiger partial charge on any atom is -0.340 e. The predicted octanol–water partition coefficient (Wildman–Crippen LogP) is 5.03. The van der Waals surface area contributed by atoms with Crippen molar-refractivity contribution in [2.75, 3.05) is 18.4 Å². The first-order valence-electron chi connectivity index (χ1n) is 9.30. The van der Waals surface area contributed by atoms with E-state index in [1.807, 2.05) is 54.3 Å². The van der Waals surface area contributed by atoms with Crippen molar-refractivity contribution >= 4 is 39.8 Å². The van der Waals surface area contributed by atoms with Gasteiger partial charge in [0.1, 0.15) is 5.82 Å². The number of nitrogens with zero attached hydrogens (tertiary/aromatic N) is 2. The molecule has 0 radical (unpaired) electrons. The topological polar surface area (TPSA) is 45.2 Å². The van der Waals surface area contributed by atoms with Crippen LogP contribution in [0.3, 0.4) is 0 Å². The van der Waals surface area contributed by atoms with Crippen molar-refractivity contribution in [3.8, 4) is 0 Å². The van der Waals surface area contributed by atoms with Gasteiger partial charge in [-0.05, 0) is 48.9 Å². The summed E-state index contributed by atoms with van der Waals surface area (Å²) in [7, 11) is 0. The highest BCUT2D eigenvalue weighted by Gasteiger charge is 2.46. The van der Waals surface area contributed by atoms with Crippen LogP contribution in [0.1, 0.15) is 22.3 Å². The molecule has 2 heterocycles. The van der Waals surface area contributed by atoms with Crippen LogP contribution < -0.4 is 5.32 Å². The Hall–Kier alpha value is -2.59. The third-order valence-corrected chi connectivity index (χ3v) is 5.94. The maximum Gasteiger partial charge on any atom is 0.256 e. The molecule has 4 nitrogen and oxygen atoms in total. The fraction of sp³-hybridized carbons (Fsp3) is 0.273. The lowest BCUT2D eigenvalue weighted by atomic mass is 10.0. The molecule has 1 aromatic heterocycles. The summed E-state index contributed by atoms with van der Waals surface area (Å²) in [4.78, 5) is 19.7. The van der Waals surface area contributed by atoms with E-state index < -0.39 is 0 Å². The number of likely N-dealkylation sites (tertiary alicyclic amines) is 1. The molecule has 27 heavy (non-hydrogen) atoms. The number of fused-ring (bicyclic) bond motifs is 2. The van der Waals surface area contributed by atoms with Gasteiger partial charge in [-0.2, -0.15) is 0 Å². The first-order chi connectivity index (χ1) is 13.1. The van der Waals surface area contributed by atoms with Gasteiger partial charge >= 0.3 is 0 Å². The Kier molecular flexibility index (Phi) is 3.83. The van der Waals surface area contributed by atoms with Gasteiger partial charge < -0.3 is 10.2 Å². The van der Waals surface area contributed by atoms with E-state index in [0.29, 0.717) is 10.6 Å². The number of pyridine rings is 1. The normalized spacial score (nSPS) is 20.6. The number of benzene rings is 2. The van der Waals surface area contributed by atoms with Crippen LogP contribution in [0.5, 0.6) is 0 Å². The number of amides is 1. The number of piperidine rings is 1. The molecular weight excluding hydrogens is 358 g/mol. The van der Waals surface area contributed by atoms with Crippen molar-refractivity contribution in [3.05, 3.63) is 64.8 Å². The number of anilines is 2. The van der Waals surface area contributed by atoms with Crippen LogP contribution in [0.4, 0.5) is 11.5 Å². The third-order valence-electron chi connectivity index (χ3n) is 5.70. The number of halogens is 1. The average Bonchev–Trinajstić information content (AvgIpc) is 3.27. The highest BCUT2D eigenvalue weighted by atomic mass is 35.5. The number of carbonyl (C=O) groups excluding carboxylic acids is 1. The second-order valence-electron chi connectivity index (χ2n) is 7.62. The van der Waals surface area contributed by atoms with E-state index in [0.717, 1.165) is 52.8 Å². The number of rotatable bonds is 3. The lowest BCUT2D eigenvalue weighted by molar-refractivity contribution is 0.0777. The summed E-state index contributed by atoms with van der Waals surface area (Å²) < 4.78 is 0. The molecule has 3 aromatic rings. The zero-order chi connectivity index (χ0) is 18.5. The predicted molar refractivity (Wildman–Crippen MR) is 109 cm³/mol. The molecule has 0 spiro atoms. The minimum atomic E-state index is 0.100. The van der Waals surface area contributed by atoms with Gasteiger partial charge in [0.15, 0.2) is 0 Å². The number of hydrogen-bond donors (Lipinski definition) is 1. The summed E-state index contributed by atoms with van der Waals surface area (Å²) >= 11 is 6.10. The van der Waals surface area contributed by atoms with Gasteiger partial charge in [-0.25, -0.2) is 4.98 Å². The first kappa shape index (κ1) is 16.6. The van der Waals surface area contributed by atoms with Crippen molar-refractivity contribution in [2.45, 2.75) is 13.3 Å². The van der Waals surface area contributed by atoms with Crippen LogP contribution in [-0.2, 0) is 0 Å². The molecule has 2 fully saturated rings. The maximum atomic E-state index is 13.1. The molecular formula is C22H20ClN3O. The number of aryl methyl sites for hydroxylation is 1. The van der Waals surface area contributed by atoms with Crippen molar-refractivity contribution in [2.24, 2.45) is 11.8 Å². The van der Waals surface area contributed by atoms with Crippen LogP contribution in [0, 0.1) is 18.8 Å². The molecule has 2 atom stereocenters. The maximum absolute atomic E-state index is 13.1. The quantitative estimate of drug-likeness (QED) is 0.696. The molecule has 1 aliphatic heterocycles. The van der Waals surface area contributed by atoms with Gasteiger partial charge in [0.2, 0.25) is 0 Å². The van der Waals surface area contributed by atoms with Crippen molar-refractivity contribution < 1.29 is 4.79 Å². The summed E-state index contributed by atoms with van der Waals surface area (Å²) in [5, 5.41) is 5.93. The molecule has 5 heteroatoms. The van der Waals surface area contributed by atoms with E-state index in [1.165, 1.54) is 6.42 Å². The second kappa shape index (κ2) is 6.24. The van der Waals surface area contributed by atoms with E-state index in [-0.39, 0.29) is 5.91 Å². The molecule has 1 amide bonds. The molecule has 136 valence electrons. The van der Waals surface area contributed by atoms with Gasteiger partial charge in [0.25, 0.3) is 5.91 Å². The average molecular weight is 378 g/mol. The van der Waals surface area contributed by atoms with Gasteiger partial charge in [-0.15, -0.1) is 0 Å². The Labute approximate surface area is 163 Å². The highest BCUT2D eigenvalue weighted by molar-refractivity contribution is 6.30. The smallest absolute Gasteiger partial charge is 0.256 e. The van der Waals surface area contributed by atoms with E-state index in [4.69, 9.17) is 11.6 Å². The summed E-state index contributed by atoms with van der Waals surface area (Å²) in [5.74, 6) is 2.27. The van der Waals surface area contributed by atoms with Crippen LogP contribution in [0.25, 0.3) is 10.8 Å². The molecule has 1 aliphatic carbocycles. The second-order valence-corrected chi connectivity index (χ2v) is 8.06. The number of carbonyl (C=O) groups is 1. The van der Waals surface area contributed by atoms with Crippen molar-refractivity contribution in [1.82, 2.24) is 9.88 Å². The molecule has 5 rings (SSSR count). The number of hydrogen-bond acceptors (Lipinski definition) is 3. The SMILES string of the molecule is Cc1cccc2c(Nc3cccc(Cl)c3)ncc(C(=O)N3CC4CC4C3)c12. The summed E-state index contributed by atoms with van der Waals surface area (Å²) in [6.45, 7) is 3.82. The largest absolute Gasteiger partial charge is 0.340 e. The van der Waals surface area contributed by atoms with Crippen molar-refractivity contribution in [1.29, 1.82) is 0 Å². The number of aromatic nitrogens is 1. The Morgan fingerprint density at radius 2 is 1.96 bits per heavy atom. The van der Waals surface area contributed by atoms with E-state index >= 15 is 0 Å². The fourth-order valence-corrected chi connectivity index (χ4v) is 4.38. The van der Waals surface area contributed by atoms with Gasteiger partial charge in [0.05, 0.1) is 5.56 Å². The fourth-order valence-electron chi connectivity index (χ4n) is 4.18.